The average Bonchev–Trinajstić information content (AvgIpc) is 3.49. The van der Waals surface area contributed by atoms with Gasteiger partial charge in [0.2, 0.25) is 0 Å². The molecule has 1 spiro atoms. The summed E-state index contributed by atoms with van der Waals surface area (Å²) >= 11 is 1.85. The molecule has 4 heteroatoms. The quantitative estimate of drug-likeness (QED) is 0.185. The average molecular weight is 684 g/mol. The molecule has 0 atom stereocenters. The Labute approximate surface area is 308 Å². The van der Waals surface area contributed by atoms with Crippen LogP contribution >= 0.6 is 11.8 Å². The predicted molar refractivity (Wildman–Crippen MR) is 212 cm³/mol. The number of hydrogen-bond donors (Lipinski definition) is 0. The van der Waals surface area contributed by atoms with Crippen LogP contribution in [0.5, 0.6) is 0 Å². The van der Waals surface area contributed by atoms with Crippen LogP contribution in [-0.4, -0.2) is 15.0 Å². The molecular formula is C48H33N3S. The minimum absolute atomic E-state index is 0.447. The second kappa shape index (κ2) is 12.0. The third-order valence-corrected chi connectivity index (χ3v) is 11.8. The summed E-state index contributed by atoms with van der Waals surface area (Å²) in [4.78, 5) is 17.7. The Morgan fingerprint density at radius 2 is 1.02 bits per heavy atom. The first-order chi connectivity index (χ1) is 25.6. The Kier molecular flexibility index (Phi) is 7.09. The van der Waals surface area contributed by atoms with Gasteiger partial charge in [-0.1, -0.05) is 157 Å². The molecule has 0 saturated carbocycles. The molecule has 0 fully saturated rings. The van der Waals surface area contributed by atoms with Crippen molar-refractivity contribution in [3.63, 3.8) is 0 Å². The normalized spacial score (nSPS) is 13.3. The molecule has 6 aromatic carbocycles. The van der Waals surface area contributed by atoms with E-state index in [1.54, 1.807) is 0 Å². The van der Waals surface area contributed by atoms with Crippen molar-refractivity contribution < 1.29 is 0 Å². The van der Waals surface area contributed by atoms with Gasteiger partial charge in [-0.05, 0) is 71.0 Å². The molecule has 52 heavy (non-hydrogen) atoms. The second-order valence-electron chi connectivity index (χ2n) is 13.6. The number of hydrogen-bond acceptors (Lipinski definition) is 4. The summed E-state index contributed by atoms with van der Waals surface area (Å²) < 4.78 is 0. The predicted octanol–water partition coefficient (Wildman–Crippen LogP) is 12.0. The van der Waals surface area contributed by atoms with Gasteiger partial charge < -0.3 is 0 Å². The highest BCUT2D eigenvalue weighted by atomic mass is 32.2. The molecule has 2 aromatic heterocycles. The number of aryl methyl sites for hydroxylation is 2. The fourth-order valence-corrected chi connectivity index (χ4v) is 9.65. The van der Waals surface area contributed by atoms with E-state index < -0.39 is 5.41 Å². The number of aromatic nitrogens is 3. The number of benzene rings is 6. The molecule has 0 amide bonds. The Balaban J connectivity index is 1.19. The van der Waals surface area contributed by atoms with E-state index in [9.17, 15) is 0 Å². The summed E-state index contributed by atoms with van der Waals surface area (Å²) in [6.45, 7) is 4.10. The van der Waals surface area contributed by atoms with Crippen molar-refractivity contribution >= 4 is 11.8 Å². The van der Waals surface area contributed by atoms with Gasteiger partial charge in [-0.15, -0.1) is 0 Å². The van der Waals surface area contributed by atoms with Gasteiger partial charge in [0.1, 0.15) is 0 Å². The number of rotatable bonds is 4. The summed E-state index contributed by atoms with van der Waals surface area (Å²) in [6.07, 6.45) is 0. The van der Waals surface area contributed by atoms with Crippen LogP contribution in [0.3, 0.4) is 0 Å². The highest BCUT2D eigenvalue weighted by molar-refractivity contribution is 7.99. The SMILES string of the molecule is Cc1ccc(-c2ccc(-c3cc(-c4cccc5c4Sc4ccccc4C54c5ccccc5-c5ccccc54)nc(-c4ccccc4)n3)cc2)c(C)n1. The van der Waals surface area contributed by atoms with Crippen molar-refractivity contribution in [1.82, 2.24) is 15.0 Å². The van der Waals surface area contributed by atoms with Gasteiger partial charge in [-0.3, -0.25) is 4.98 Å². The van der Waals surface area contributed by atoms with Crippen LogP contribution in [0.1, 0.15) is 33.6 Å². The van der Waals surface area contributed by atoms with E-state index in [-0.39, 0.29) is 0 Å². The van der Waals surface area contributed by atoms with Crippen LogP contribution in [0, 0.1) is 13.8 Å². The third kappa shape index (κ3) is 4.64. The summed E-state index contributed by atoms with van der Waals surface area (Å²) in [5, 5.41) is 0. The zero-order valence-corrected chi connectivity index (χ0v) is 29.7. The van der Waals surface area contributed by atoms with Crippen molar-refractivity contribution in [3.8, 4) is 56.2 Å². The summed E-state index contributed by atoms with van der Waals surface area (Å²) in [6, 6.07) is 59.0. The highest BCUT2D eigenvalue weighted by Crippen LogP contribution is 2.63. The fourth-order valence-electron chi connectivity index (χ4n) is 8.34. The lowest BCUT2D eigenvalue weighted by Gasteiger charge is -2.40. The molecule has 3 nitrogen and oxygen atoms in total. The first-order valence-electron chi connectivity index (χ1n) is 17.7. The molecule has 0 unspecified atom stereocenters. The number of pyridine rings is 1. The second-order valence-corrected chi connectivity index (χ2v) is 14.7. The van der Waals surface area contributed by atoms with E-state index in [2.05, 4.69) is 153 Å². The van der Waals surface area contributed by atoms with Gasteiger partial charge in [0.05, 0.1) is 16.8 Å². The summed E-state index contributed by atoms with van der Waals surface area (Å²) in [7, 11) is 0. The topological polar surface area (TPSA) is 38.7 Å². The molecule has 246 valence electrons. The Bertz CT molecular complexity index is 2630. The van der Waals surface area contributed by atoms with Crippen LogP contribution in [0.25, 0.3) is 56.2 Å². The minimum atomic E-state index is -0.447. The number of nitrogens with zero attached hydrogens (tertiary/aromatic N) is 3. The Morgan fingerprint density at radius 3 is 1.75 bits per heavy atom. The van der Waals surface area contributed by atoms with Crippen LogP contribution < -0.4 is 0 Å². The molecule has 0 saturated heterocycles. The van der Waals surface area contributed by atoms with Gasteiger partial charge in [-0.25, -0.2) is 9.97 Å². The number of fused-ring (bicyclic) bond motifs is 9. The standard InChI is InChI=1S/C48H33N3S/c1-30-23-28-35(31(2)49-30)32-24-26-33(27-25-32)43-29-44(51-47(50-43)34-13-4-3-5-14-34)38-17-12-21-42-46(38)52-45-22-11-10-20-41(45)48(42)39-18-8-6-15-36(39)37-16-7-9-19-40(37)48/h3-29H,1-2H3. The van der Waals surface area contributed by atoms with E-state index in [0.29, 0.717) is 5.82 Å². The first-order valence-corrected chi connectivity index (χ1v) is 18.5. The molecular weight excluding hydrogens is 651 g/mol. The van der Waals surface area contributed by atoms with Crippen LogP contribution in [0.4, 0.5) is 0 Å². The largest absolute Gasteiger partial charge is 0.258 e. The maximum atomic E-state index is 5.32. The lowest BCUT2D eigenvalue weighted by atomic mass is 9.67. The van der Waals surface area contributed by atoms with Gasteiger partial charge in [0.15, 0.2) is 5.82 Å². The zero-order chi connectivity index (χ0) is 34.8. The maximum absolute atomic E-state index is 5.32. The van der Waals surface area contributed by atoms with Crippen LogP contribution in [0.15, 0.2) is 174 Å². The van der Waals surface area contributed by atoms with Crippen molar-refractivity contribution in [3.05, 3.63) is 197 Å². The molecule has 10 rings (SSSR count). The molecule has 2 aliphatic rings. The van der Waals surface area contributed by atoms with Crippen molar-refractivity contribution in [2.75, 3.05) is 0 Å². The molecule has 0 N–H and O–H groups in total. The van der Waals surface area contributed by atoms with Gasteiger partial charge in [0, 0.05) is 43.4 Å². The van der Waals surface area contributed by atoms with E-state index in [0.717, 1.165) is 50.6 Å². The van der Waals surface area contributed by atoms with Gasteiger partial charge in [-0.2, -0.15) is 0 Å². The maximum Gasteiger partial charge on any atom is 0.160 e. The molecule has 3 heterocycles. The molecule has 1 aliphatic heterocycles. The minimum Gasteiger partial charge on any atom is -0.258 e. The Hall–Kier alpha value is -6.10. The van der Waals surface area contributed by atoms with E-state index in [4.69, 9.17) is 15.0 Å². The van der Waals surface area contributed by atoms with E-state index >= 15 is 0 Å². The summed E-state index contributed by atoms with van der Waals surface area (Å²) in [5.41, 5.74) is 16.7. The molecule has 8 aromatic rings. The fraction of sp³-hybridized carbons (Fsp3) is 0.0625. The lowest BCUT2D eigenvalue weighted by molar-refractivity contribution is 0.723. The first kappa shape index (κ1) is 30.7. The summed E-state index contributed by atoms with van der Waals surface area (Å²) in [5.74, 6) is 0.709. The highest BCUT2D eigenvalue weighted by Gasteiger charge is 2.50. The third-order valence-electron chi connectivity index (χ3n) is 10.6. The van der Waals surface area contributed by atoms with Crippen LogP contribution in [0.2, 0.25) is 0 Å². The molecule has 0 bridgehead atoms. The molecule has 0 radical (unpaired) electrons. The van der Waals surface area contributed by atoms with Crippen molar-refractivity contribution in [2.45, 2.75) is 29.1 Å². The molecule has 1 aliphatic carbocycles. The van der Waals surface area contributed by atoms with Gasteiger partial charge in [0.25, 0.3) is 0 Å². The van der Waals surface area contributed by atoms with Crippen molar-refractivity contribution in [1.29, 1.82) is 0 Å². The monoisotopic (exact) mass is 683 g/mol. The van der Waals surface area contributed by atoms with Crippen molar-refractivity contribution in [2.24, 2.45) is 0 Å². The van der Waals surface area contributed by atoms with Crippen LogP contribution in [-0.2, 0) is 5.41 Å². The lowest BCUT2D eigenvalue weighted by Crippen LogP contribution is -2.32. The zero-order valence-electron chi connectivity index (χ0n) is 28.8. The van der Waals surface area contributed by atoms with E-state index in [1.165, 1.54) is 43.2 Å². The van der Waals surface area contributed by atoms with Gasteiger partial charge >= 0.3 is 0 Å². The smallest absolute Gasteiger partial charge is 0.160 e. The van der Waals surface area contributed by atoms with E-state index in [1.807, 2.05) is 36.9 Å². The Morgan fingerprint density at radius 1 is 0.423 bits per heavy atom.